The number of carbonyl (C=O) groups is 1. The number of hydrogen-bond acceptors (Lipinski definition) is 4. The Kier molecular flexibility index (Phi) is 4.43. The Hall–Kier alpha value is -1.65. The molecule has 1 heterocycles. The van der Waals surface area contributed by atoms with E-state index < -0.39 is 0 Å². The molecule has 0 fully saturated rings. The number of rotatable bonds is 4. The highest BCUT2D eigenvalue weighted by atomic mass is 16.2. The zero-order chi connectivity index (χ0) is 13.0. The molecule has 1 aromatic rings. The van der Waals surface area contributed by atoms with Crippen molar-refractivity contribution in [1.82, 2.24) is 15.3 Å². The molecule has 1 unspecified atom stereocenters. The second-order valence-electron chi connectivity index (χ2n) is 4.42. The first-order valence-electron chi connectivity index (χ1n) is 5.74. The summed E-state index contributed by atoms with van der Waals surface area (Å²) >= 11 is 0. The molecular weight excluding hydrogens is 216 g/mol. The van der Waals surface area contributed by atoms with E-state index in [1.807, 2.05) is 33.8 Å². The van der Waals surface area contributed by atoms with Crippen molar-refractivity contribution in [3.05, 3.63) is 17.6 Å². The number of amides is 1. The maximum absolute atomic E-state index is 11.7. The van der Waals surface area contributed by atoms with Gasteiger partial charge in [-0.1, -0.05) is 13.8 Å². The summed E-state index contributed by atoms with van der Waals surface area (Å²) in [6, 6.07) is 1.55. The largest absolute Gasteiger partial charge is 0.358 e. The van der Waals surface area contributed by atoms with Gasteiger partial charge in [-0.2, -0.15) is 0 Å². The van der Waals surface area contributed by atoms with Gasteiger partial charge in [-0.05, 0) is 19.8 Å². The molecule has 0 radical (unpaired) electrons. The SMILES string of the molecule is CNC(=O)C(Nc1cc(C)nc(C)n1)C(C)C. The molecule has 0 saturated heterocycles. The Morgan fingerprint density at radius 2 is 1.94 bits per heavy atom. The fourth-order valence-corrected chi connectivity index (χ4v) is 1.64. The molecule has 0 saturated carbocycles. The van der Waals surface area contributed by atoms with Crippen molar-refractivity contribution in [1.29, 1.82) is 0 Å². The third-order valence-electron chi connectivity index (χ3n) is 2.46. The standard InChI is InChI=1S/C12H20N4O/c1-7(2)11(12(17)13-5)16-10-6-8(3)14-9(4)15-10/h6-7,11H,1-5H3,(H,13,17)(H,14,15,16). The summed E-state index contributed by atoms with van der Waals surface area (Å²) in [5.74, 6) is 1.55. The van der Waals surface area contributed by atoms with Crippen molar-refractivity contribution in [3.63, 3.8) is 0 Å². The van der Waals surface area contributed by atoms with Crippen LogP contribution in [0.2, 0.25) is 0 Å². The molecule has 0 aromatic carbocycles. The average Bonchev–Trinajstić information content (AvgIpc) is 2.23. The Morgan fingerprint density at radius 3 is 2.41 bits per heavy atom. The highest BCUT2D eigenvalue weighted by Gasteiger charge is 2.21. The van der Waals surface area contributed by atoms with Crippen molar-refractivity contribution in [2.45, 2.75) is 33.7 Å². The Balaban J connectivity index is 2.89. The van der Waals surface area contributed by atoms with Crippen molar-refractivity contribution in [2.75, 3.05) is 12.4 Å². The van der Waals surface area contributed by atoms with Crippen molar-refractivity contribution in [2.24, 2.45) is 5.92 Å². The van der Waals surface area contributed by atoms with E-state index in [4.69, 9.17) is 0 Å². The van der Waals surface area contributed by atoms with Gasteiger partial charge in [0.25, 0.3) is 0 Å². The molecule has 17 heavy (non-hydrogen) atoms. The summed E-state index contributed by atoms with van der Waals surface area (Å²) < 4.78 is 0. The summed E-state index contributed by atoms with van der Waals surface area (Å²) in [4.78, 5) is 20.2. The van der Waals surface area contributed by atoms with Crippen LogP contribution in [0.25, 0.3) is 0 Å². The molecule has 94 valence electrons. The van der Waals surface area contributed by atoms with E-state index in [0.717, 1.165) is 5.69 Å². The first kappa shape index (κ1) is 13.4. The van der Waals surface area contributed by atoms with E-state index in [2.05, 4.69) is 20.6 Å². The van der Waals surface area contributed by atoms with Crippen LogP contribution >= 0.6 is 0 Å². The lowest BCUT2D eigenvalue weighted by atomic mass is 10.0. The van der Waals surface area contributed by atoms with E-state index in [0.29, 0.717) is 11.6 Å². The van der Waals surface area contributed by atoms with Crippen LogP contribution in [0.4, 0.5) is 5.82 Å². The lowest BCUT2D eigenvalue weighted by Crippen LogP contribution is -2.41. The summed E-state index contributed by atoms with van der Waals surface area (Å²) in [7, 11) is 1.63. The topological polar surface area (TPSA) is 66.9 Å². The second kappa shape index (κ2) is 5.61. The van der Waals surface area contributed by atoms with E-state index in [1.54, 1.807) is 7.05 Å². The van der Waals surface area contributed by atoms with Gasteiger partial charge in [0, 0.05) is 18.8 Å². The molecule has 0 aliphatic carbocycles. The second-order valence-corrected chi connectivity index (χ2v) is 4.42. The molecule has 1 aromatic heterocycles. The van der Waals surface area contributed by atoms with Gasteiger partial charge < -0.3 is 10.6 Å². The van der Waals surface area contributed by atoms with Crippen LogP contribution in [0.3, 0.4) is 0 Å². The molecule has 0 spiro atoms. The molecule has 5 nitrogen and oxygen atoms in total. The Labute approximate surface area is 102 Å². The number of anilines is 1. The number of nitrogens with one attached hydrogen (secondary N) is 2. The normalized spacial score (nSPS) is 12.4. The smallest absolute Gasteiger partial charge is 0.242 e. The zero-order valence-electron chi connectivity index (χ0n) is 11.0. The fourth-order valence-electron chi connectivity index (χ4n) is 1.64. The molecule has 0 aliphatic rings. The number of carbonyl (C=O) groups excluding carboxylic acids is 1. The number of likely N-dealkylation sites (N-methyl/N-ethyl adjacent to an activating group) is 1. The molecule has 5 heteroatoms. The van der Waals surface area contributed by atoms with Gasteiger partial charge >= 0.3 is 0 Å². The van der Waals surface area contributed by atoms with Crippen molar-refractivity contribution >= 4 is 11.7 Å². The molecule has 2 N–H and O–H groups in total. The van der Waals surface area contributed by atoms with Crippen LogP contribution in [0.5, 0.6) is 0 Å². The van der Waals surface area contributed by atoms with E-state index in [9.17, 15) is 4.79 Å². The monoisotopic (exact) mass is 236 g/mol. The average molecular weight is 236 g/mol. The maximum atomic E-state index is 11.7. The number of aryl methyl sites for hydroxylation is 2. The molecule has 0 aliphatic heterocycles. The Morgan fingerprint density at radius 1 is 1.29 bits per heavy atom. The Bertz CT molecular complexity index is 383. The zero-order valence-corrected chi connectivity index (χ0v) is 11.0. The van der Waals surface area contributed by atoms with Crippen LogP contribution in [-0.4, -0.2) is 29.0 Å². The van der Waals surface area contributed by atoms with Crippen molar-refractivity contribution in [3.8, 4) is 0 Å². The van der Waals surface area contributed by atoms with Crippen LogP contribution in [0.15, 0.2) is 6.07 Å². The van der Waals surface area contributed by atoms with Crippen LogP contribution < -0.4 is 10.6 Å². The van der Waals surface area contributed by atoms with E-state index in [1.165, 1.54) is 0 Å². The third kappa shape index (κ3) is 3.69. The number of hydrogen-bond donors (Lipinski definition) is 2. The van der Waals surface area contributed by atoms with Gasteiger partial charge in [0.05, 0.1) is 0 Å². The molecule has 1 rings (SSSR count). The molecule has 0 bridgehead atoms. The quantitative estimate of drug-likeness (QED) is 0.826. The first-order valence-corrected chi connectivity index (χ1v) is 5.74. The minimum Gasteiger partial charge on any atom is -0.358 e. The summed E-state index contributed by atoms with van der Waals surface area (Å²) in [6.07, 6.45) is 0. The van der Waals surface area contributed by atoms with Crippen LogP contribution in [-0.2, 0) is 4.79 Å². The van der Waals surface area contributed by atoms with Gasteiger partial charge in [0.15, 0.2) is 0 Å². The molecule has 1 amide bonds. The predicted molar refractivity (Wildman–Crippen MR) is 67.8 cm³/mol. The lowest BCUT2D eigenvalue weighted by Gasteiger charge is -2.21. The van der Waals surface area contributed by atoms with Crippen LogP contribution in [0, 0.1) is 19.8 Å². The van der Waals surface area contributed by atoms with Crippen LogP contribution in [0.1, 0.15) is 25.4 Å². The highest BCUT2D eigenvalue weighted by molar-refractivity contribution is 5.84. The summed E-state index contributed by atoms with van der Waals surface area (Å²) in [5.41, 5.74) is 0.888. The van der Waals surface area contributed by atoms with Crippen molar-refractivity contribution < 1.29 is 4.79 Å². The predicted octanol–water partition coefficient (Wildman–Crippen LogP) is 1.28. The van der Waals surface area contributed by atoms with Gasteiger partial charge in [-0.3, -0.25) is 4.79 Å². The summed E-state index contributed by atoms with van der Waals surface area (Å²) in [5, 5.41) is 5.80. The number of nitrogens with zero attached hydrogens (tertiary/aromatic N) is 2. The summed E-state index contributed by atoms with van der Waals surface area (Å²) in [6.45, 7) is 7.73. The third-order valence-corrected chi connectivity index (χ3v) is 2.46. The lowest BCUT2D eigenvalue weighted by molar-refractivity contribution is -0.122. The maximum Gasteiger partial charge on any atom is 0.242 e. The van der Waals surface area contributed by atoms with Gasteiger partial charge in [0.1, 0.15) is 17.7 Å². The van der Waals surface area contributed by atoms with Gasteiger partial charge in [-0.25, -0.2) is 9.97 Å². The fraction of sp³-hybridized carbons (Fsp3) is 0.583. The van der Waals surface area contributed by atoms with Gasteiger partial charge in [0.2, 0.25) is 5.91 Å². The van der Waals surface area contributed by atoms with E-state index >= 15 is 0 Å². The molecule has 1 atom stereocenters. The highest BCUT2D eigenvalue weighted by Crippen LogP contribution is 2.12. The molecular formula is C12H20N4O. The first-order chi connectivity index (χ1) is 7.93. The van der Waals surface area contributed by atoms with E-state index in [-0.39, 0.29) is 17.9 Å². The van der Waals surface area contributed by atoms with Gasteiger partial charge in [-0.15, -0.1) is 0 Å². The number of aromatic nitrogens is 2. The minimum atomic E-state index is -0.284. The minimum absolute atomic E-state index is 0.0334.